The summed E-state index contributed by atoms with van der Waals surface area (Å²) in [6, 6.07) is 16.1. The molecule has 6 heteroatoms. The van der Waals surface area contributed by atoms with E-state index in [1.807, 2.05) is 42.5 Å². The molecule has 0 saturated carbocycles. The van der Waals surface area contributed by atoms with Crippen molar-refractivity contribution < 1.29 is 14.3 Å². The highest BCUT2D eigenvalue weighted by atomic mass is 16.5. The number of rotatable bonds is 8. The molecule has 0 atom stereocenters. The van der Waals surface area contributed by atoms with E-state index in [4.69, 9.17) is 9.47 Å². The summed E-state index contributed by atoms with van der Waals surface area (Å²) in [7, 11) is 3.38. The van der Waals surface area contributed by atoms with E-state index in [1.165, 1.54) is 0 Å². The molecule has 150 valence electrons. The molecule has 0 aliphatic carbocycles. The molecule has 1 aliphatic rings. The van der Waals surface area contributed by atoms with Crippen molar-refractivity contribution in [2.45, 2.75) is 13.2 Å². The van der Waals surface area contributed by atoms with Gasteiger partial charge in [0.15, 0.2) is 0 Å². The Labute approximate surface area is 167 Å². The smallest absolute Gasteiger partial charge is 0.234 e. The highest BCUT2D eigenvalue weighted by molar-refractivity contribution is 5.78. The molecule has 28 heavy (non-hydrogen) atoms. The van der Waals surface area contributed by atoms with E-state index in [9.17, 15) is 4.79 Å². The molecule has 1 fully saturated rings. The quantitative estimate of drug-likeness (QED) is 0.758. The van der Waals surface area contributed by atoms with Crippen LogP contribution in [0, 0.1) is 0 Å². The number of ether oxygens (including phenoxy) is 2. The molecule has 0 radical (unpaired) electrons. The standard InChI is InChI=1S/C22H29N3O3/c1-27-17-19-8-4-3-7-18(19)15-23-22(26)16-24-11-13-25(14-12-24)20-9-5-6-10-21(20)28-2/h3-10H,11-17H2,1-2H3,(H,23,26). The normalized spacial score (nSPS) is 14.7. The van der Waals surface area contributed by atoms with Crippen LogP contribution in [0.5, 0.6) is 5.75 Å². The Hall–Kier alpha value is -2.57. The van der Waals surface area contributed by atoms with Crippen LogP contribution in [0.4, 0.5) is 5.69 Å². The minimum Gasteiger partial charge on any atom is -0.495 e. The van der Waals surface area contributed by atoms with Crippen LogP contribution >= 0.6 is 0 Å². The predicted molar refractivity (Wildman–Crippen MR) is 111 cm³/mol. The maximum atomic E-state index is 12.4. The number of para-hydroxylation sites is 2. The molecule has 0 aromatic heterocycles. The van der Waals surface area contributed by atoms with E-state index in [2.05, 4.69) is 21.2 Å². The Morgan fingerprint density at radius 1 is 0.964 bits per heavy atom. The van der Waals surface area contributed by atoms with Gasteiger partial charge in [0.25, 0.3) is 0 Å². The third-order valence-electron chi connectivity index (χ3n) is 5.06. The lowest BCUT2D eigenvalue weighted by molar-refractivity contribution is -0.122. The van der Waals surface area contributed by atoms with Crippen molar-refractivity contribution in [3.8, 4) is 5.75 Å². The molecule has 1 N–H and O–H groups in total. The molecule has 1 saturated heterocycles. The van der Waals surface area contributed by atoms with Crippen molar-refractivity contribution >= 4 is 11.6 Å². The zero-order chi connectivity index (χ0) is 19.8. The Balaban J connectivity index is 1.46. The van der Waals surface area contributed by atoms with Gasteiger partial charge in [-0.25, -0.2) is 0 Å². The predicted octanol–water partition coefficient (Wildman–Crippen LogP) is 2.28. The minimum atomic E-state index is 0.0537. The molecule has 1 heterocycles. The summed E-state index contributed by atoms with van der Waals surface area (Å²) in [6.07, 6.45) is 0. The van der Waals surface area contributed by atoms with Crippen molar-refractivity contribution in [3.63, 3.8) is 0 Å². The molecule has 0 spiro atoms. The van der Waals surface area contributed by atoms with Gasteiger partial charge in [-0.3, -0.25) is 9.69 Å². The average Bonchev–Trinajstić information content (AvgIpc) is 2.74. The number of methoxy groups -OCH3 is 2. The number of benzene rings is 2. The second-order valence-electron chi connectivity index (χ2n) is 6.91. The van der Waals surface area contributed by atoms with Crippen molar-refractivity contribution in [2.75, 3.05) is 51.8 Å². The van der Waals surface area contributed by atoms with Crippen LogP contribution in [0.3, 0.4) is 0 Å². The van der Waals surface area contributed by atoms with Gasteiger partial charge >= 0.3 is 0 Å². The van der Waals surface area contributed by atoms with E-state index in [1.54, 1.807) is 14.2 Å². The molecular weight excluding hydrogens is 354 g/mol. The van der Waals surface area contributed by atoms with Gasteiger partial charge in [-0.1, -0.05) is 36.4 Å². The van der Waals surface area contributed by atoms with Gasteiger partial charge in [0, 0.05) is 39.8 Å². The molecular formula is C22H29N3O3. The van der Waals surface area contributed by atoms with Crippen LogP contribution in [-0.4, -0.2) is 57.8 Å². The number of amides is 1. The van der Waals surface area contributed by atoms with Crippen LogP contribution in [-0.2, 0) is 22.7 Å². The zero-order valence-electron chi connectivity index (χ0n) is 16.7. The lowest BCUT2D eigenvalue weighted by Crippen LogP contribution is -2.49. The summed E-state index contributed by atoms with van der Waals surface area (Å²) in [4.78, 5) is 16.9. The molecule has 1 aliphatic heterocycles. The maximum absolute atomic E-state index is 12.4. The number of nitrogens with one attached hydrogen (secondary N) is 1. The number of hydrogen-bond donors (Lipinski definition) is 1. The Bertz CT molecular complexity index is 773. The van der Waals surface area contributed by atoms with Crippen LogP contribution in [0.1, 0.15) is 11.1 Å². The third-order valence-corrected chi connectivity index (χ3v) is 5.06. The van der Waals surface area contributed by atoms with Gasteiger partial charge < -0.3 is 19.7 Å². The average molecular weight is 383 g/mol. The Morgan fingerprint density at radius 3 is 2.36 bits per heavy atom. The molecule has 0 bridgehead atoms. The van der Waals surface area contributed by atoms with Crippen LogP contribution in [0.15, 0.2) is 48.5 Å². The molecule has 2 aromatic carbocycles. The monoisotopic (exact) mass is 383 g/mol. The van der Waals surface area contributed by atoms with Gasteiger partial charge in [0.1, 0.15) is 5.75 Å². The fourth-order valence-electron chi connectivity index (χ4n) is 3.52. The summed E-state index contributed by atoms with van der Waals surface area (Å²) < 4.78 is 10.7. The third kappa shape index (κ3) is 5.24. The maximum Gasteiger partial charge on any atom is 0.234 e. The fraction of sp³-hybridized carbons (Fsp3) is 0.409. The van der Waals surface area contributed by atoms with E-state index < -0.39 is 0 Å². The van der Waals surface area contributed by atoms with Crippen molar-refractivity contribution in [3.05, 3.63) is 59.7 Å². The summed E-state index contributed by atoms with van der Waals surface area (Å²) in [5.41, 5.74) is 3.32. The van der Waals surface area contributed by atoms with Crippen LogP contribution in [0.25, 0.3) is 0 Å². The lowest BCUT2D eigenvalue weighted by atomic mass is 10.1. The number of anilines is 1. The van der Waals surface area contributed by atoms with E-state index in [-0.39, 0.29) is 5.91 Å². The fourth-order valence-corrected chi connectivity index (χ4v) is 3.52. The van der Waals surface area contributed by atoms with Crippen molar-refractivity contribution in [1.82, 2.24) is 10.2 Å². The van der Waals surface area contributed by atoms with Crippen molar-refractivity contribution in [2.24, 2.45) is 0 Å². The molecule has 1 amide bonds. The van der Waals surface area contributed by atoms with Gasteiger partial charge in [-0.15, -0.1) is 0 Å². The molecule has 6 nitrogen and oxygen atoms in total. The number of carbonyl (C=O) groups excluding carboxylic acids is 1. The van der Waals surface area contributed by atoms with E-state index in [0.29, 0.717) is 19.7 Å². The van der Waals surface area contributed by atoms with Gasteiger partial charge in [0.2, 0.25) is 5.91 Å². The van der Waals surface area contributed by atoms with Gasteiger partial charge in [-0.2, -0.15) is 0 Å². The van der Waals surface area contributed by atoms with E-state index >= 15 is 0 Å². The largest absolute Gasteiger partial charge is 0.495 e. The van der Waals surface area contributed by atoms with Gasteiger partial charge in [-0.05, 0) is 23.3 Å². The molecule has 3 rings (SSSR count). The summed E-state index contributed by atoms with van der Waals surface area (Å²) >= 11 is 0. The second-order valence-corrected chi connectivity index (χ2v) is 6.91. The summed E-state index contributed by atoms with van der Waals surface area (Å²) in [5, 5.41) is 3.04. The zero-order valence-corrected chi connectivity index (χ0v) is 16.7. The minimum absolute atomic E-state index is 0.0537. The number of hydrogen-bond acceptors (Lipinski definition) is 5. The van der Waals surface area contributed by atoms with Gasteiger partial charge in [0.05, 0.1) is 25.9 Å². The SMILES string of the molecule is COCc1ccccc1CNC(=O)CN1CCN(c2ccccc2OC)CC1. The Kier molecular flexibility index (Phi) is 7.28. The highest BCUT2D eigenvalue weighted by Crippen LogP contribution is 2.28. The number of piperazine rings is 1. The van der Waals surface area contributed by atoms with Crippen LogP contribution < -0.4 is 15.0 Å². The number of nitrogens with zero attached hydrogens (tertiary/aromatic N) is 2. The molecule has 2 aromatic rings. The summed E-state index contributed by atoms with van der Waals surface area (Å²) in [5.74, 6) is 0.946. The first-order valence-corrected chi connectivity index (χ1v) is 9.64. The second kappa shape index (κ2) is 10.1. The first-order valence-electron chi connectivity index (χ1n) is 9.64. The van der Waals surface area contributed by atoms with E-state index in [0.717, 1.165) is 48.7 Å². The summed E-state index contributed by atoms with van der Waals surface area (Å²) in [6.45, 7) is 4.97. The topological polar surface area (TPSA) is 54.0 Å². The highest BCUT2D eigenvalue weighted by Gasteiger charge is 2.21. The number of carbonyl (C=O) groups is 1. The van der Waals surface area contributed by atoms with Crippen LogP contribution in [0.2, 0.25) is 0 Å². The van der Waals surface area contributed by atoms with Crippen molar-refractivity contribution in [1.29, 1.82) is 0 Å². The first-order chi connectivity index (χ1) is 13.7. The first kappa shape index (κ1) is 20.2. The molecule has 0 unspecified atom stereocenters. The Morgan fingerprint density at radius 2 is 1.64 bits per heavy atom. The lowest BCUT2D eigenvalue weighted by Gasteiger charge is -2.36.